The van der Waals surface area contributed by atoms with Gasteiger partial charge in [-0.2, -0.15) is 0 Å². The topological polar surface area (TPSA) is 85.1 Å². The minimum Gasteiger partial charge on any atom is -0.304 e. The van der Waals surface area contributed by atoms with E-state index in [4.69, 9.17) is 5.14 Å². The lowest BCUT2D eigenvalue weighted by Gasteiger charge is -2.14. The number of aryl methyl sites for hydroxylation is 1. The third-order valence-corrected chi connectivity index (χ3v) is 5.25. The van der Waals surface area contributed by atoms with Crippen LogP contribution in [0.4, 0.5) is 0 Å². The van der Waals surface area contributed by atoms with Crippen LogP contribution in [0.5, 0.6) is 0 Å². The van der Waals surface area contributed by atoms with Gasteiger partial charge in [0.25, 0.3) is 0 Å². The minimum absolute atomic E-state index is 0.0145. The van der Waals surface area contributed by atoms with Crippen LogP contribution in [0.2, 0.25) is 0 Å². The summed E-state index contributed by atoms with van der Waals surface area (Å²) >= 11 is 1.69. The molecule has 2 aromatic rings. The van der Waals surface area contributed by atoms with Crippen LogP contribution in [-0.4, -0.2) is 13.4 Å². The molecular formula is C14H19N3O2S2. The zero-order chi connectivity index (χ0) is 15.5. The molecular weight excluding hydrogens is 306 g/mol. The molecule has 1 aromatic carbocycles. The van der Waals surface area contributed by atoms with E-state index in [0.29, 0.717) is 6.54 Å². The van der Waals surface area contributed by atoms with Crippen LogP contribution >= 0.6 is 11.3 Å². The first kappa shape index (κ1) is 16.1. The summed E-state index contributed by atoms with van der Waals surface area (Å²) < 4.78 is 22.7. The second-order valence-electron chi connectivity index (χ2n) is 4.79. The van der Waals surface area contributed by atoms with Gasteiger partial charge in [-0.05, 0) is 31.0 Å². The van der Waals surface area contributed by atoms with Gasteiger partial charge in [0.1, 0.15) is 5.01 Å². The van der Waals surface area contributed by atoms with Crippen LogP contribution in [0.3, 0.4) is 0 Å². The van der Waals surface area contributed by atoms with E-state index in [0.717, 1.165) is 17.0 Å². The second kappa shape index (κ2) is 6.65. The Balaban J connectivity index is 2.05. The van der Waals surface area contributed by atoms with E-state index in [1.54, 1.807) is 23.5 Å². The highest BCUT2D eigenvalue weighted by atomic mass is 32.2. The predicted octanol–water partition coefficient (Wildman–Crippen LogP) is 2.20. The Morgan fingerprint density at radius 1 is 1.43 bits per heavy atom. The van der Waals surface area contributed by atoms with Gasteiger partial charge in [-0.1, -0.05) is 19.1 Å². The van der Waals surface area contributed by atoms with Crippen LogP contribution in [-0.2, 0) is 23.0 Å². The molecule has 1 atom stereocenters. The summed E-state index contributed by atoms with van der Waals surface area (Å²) in [6, 6.07) is 6.70. The van der Waals surface area contributed by atoms with E-state index in [1.165, 1.54) is 10.9 Å². The van der Waals surface area contributed by atoms with E-state index in [9.17, 15) is 8.42 Å². The number of benzene rings is 1. The second-order valence-corrected chi connectivity index (χ2v) is 7.56. The highest BCUT2D eigenvalue weighted by Gasteiger charge is 2.12. The zero-order valence-electron chi connectivity index (χ0n) is 12.0. The summed E-state index contributed by atoms with van der Waals surface area (Å²) in [6.07, 6.45) is 2.89. The largest absolute Gasteiger partial charge is 0.304 e. The van der Waals surface area contributed by atoms with E-state index in [2.05, 4.69) is 17.2 Å². The fourth-order valence-corrected chi connectivity index (χ4v) is 3.29. The standard InChI is InChI=1S/C14H19N3O2S2/c1-3-12-8-17-14(20-12)9-16-10(2)11-5-4-6-13(7-11)21(15,18)19/h4-8,10,16H,3,9H2,1-2H3,(H2,15,18,19). The number of sulfonamides is 1. The Labute approximate surface area is 129 Å². The summed E-state index contributed by atoms with van der Waals surface area (Å²) in [5.41, 5.74) is 0.883. The van der Waals surface area contributed by atoms with Gasteiger partial charge < -0.3 is 5.32 Å². The number of rotatable bonds is 6. The Bertz CT molecular complexity index is 711. The van der Waals surface area contributed by atoms with Crippen molar-refractivity contribution in [3.63, 3.8) is 0 Å². The molecule has 5 nitrogen and oxygen atoms in total. The molecule has 0 fully saturated rings. The molecule has 0 spiro atoms. The van der Waals surface area contributed by atoms with Crippen LogP contribution in [0.25, 0.3) is 0 Å². The summed E-state index contributed by atoms with van der Waals surface area (Å²) in [5.74, 6) is 0. The Morgan fingerprint density at radius 3 is 2.81 bits per heavy atom. The molecule has 0 aliphatic rings. The molecule has 0 bridgehead atoms. The lowest BCUT2D eigenvalue weighted by Crippen LogP contribution is -2.19. The van der Waals surface area contributed by atoms with Crippen LogP contribution < -0.4 is 10.5 Å². The Morgan fingerprint density at radius 2 is 2.19 bits per heavy atom. The first-order valence-electron chi connectivity index (χ1n) is 6.70. The van der Waals surface area contributed by atoms with E-state index >= 15 is 0 Å². The molecule has 21 heavy (non-hydrogen) atoms. The van der Waals surface area contributed by atoms with Crippen molar-refractivity contribution in [1.82, 2.24) is 10.3 Å². The number of hydrogen-bond acceptors (Lipinski definition) is 5. The van der Waals surface area contributed by atoms with Crippen molar-refractivity contribution in [3.05, 3.63) is 45.9 Å². The third kappa shape index (κ3) is 4.34. The molecule has 0 amide bonds. The summed E-state index contributed by atoms with van der Waals surface area (Å²) in [5, 5.41) is 9.52. The maximum absolute atomic E-state index is 11.4. The molecule has 0 saturated heterocycles. The third-order valence-electron chi connectivity index (χ3n) is 3.20. The molecule has 0 aliphatic heterocycles. The number of hydrogen-bond donors (Lipinski definition) is 2. The molecule has 1 unspecified atom stereocenters. The van der Waals surface area contributed by atoms with Crippen molar-refractivity contribution >= 4 is 21.4 Å². The smallest absolute Gasteiger partial charge is 0.238 e. The van der Waals surface area contributed by atoms with Gasteiger partial charge in [0, 0.05) is 23.7 Å². The number of primary sulfonamides is 1. The number of nitrogens with two attached hydrogens (primary N) is 1. The fourth-order valence-electron chi connectivity index (χ4n) is 1.91. The van der Waals surface area contributed by atoms with E-state index in [1.807, 2.05) is 19.2 Å². The first-order valence-corrected chi connectivity index (χ1v) is 9.06. The van der Waals surface area contributed by atoms with E-state index < -0.39 is 10.0 Å². The summed E-state index contributed by atoms with van der Waals surface area (Å²) in [6.45, 7) is 4.74. The van der Waals surface area contributed by atoms with Crippen molar-refractivity contribution < 1.29 is 8.42 Å². The Hall–Kier alpha value is -1.28. The summed E-state index contributed by atoms with van der Waals surface area (Å²) in [4.78, 5) is 5.74. The van der Waals surface area contributed by atoms with Gasteiger partial charge in [-0.3, -0.25) is 0 Å². The van der Waals surface area contributed by atoms with Crippen molar-refractivity contribution in [2.24, 2.45) is 5.14 Å². The van der Waals surface area contributed by atoms with Gasteiger partial charge in [-0.15, -0.1) is 11.3 Å². The minimum atomic E-state index is -3.66. The highest BCUT2D eigenvalue weighted by molar-refractivity contribution is 7.89. The fraction of sp³-hybridized carbons (Fsp3) is 0.357. The molecule has 7 heteroatoms. The number of nitrogens with one attached hydrogen (secondary N) is 1. The molecule has 114 valence electrons. The molecule has 1 heterocycles. The molecule has 0 aliphatic carbocycles. The Kier molecular flexibility index (Phi) is 5.10. The van der Waals surface area contributed by atoms with Gasteiger partial charge >= 0.3 is 0 Å². The molecule has 2 rings (SSSR count). The monoisotopic (exact) mass is 325 g/mol. The van der Waals surface area contributed by atoms with Gasteiger partial charge in [-0.25, -0.2) is 18.5 Å². The normalized spacial score (nSPS) is 13.3. The SMILES string of the molecule is CCc1cnc(CNC(C)c2cccc(S(N)(=O)=O)c2)s1. The van der Waals surface area contributed by atoms with Crippen molar-refractivity contribution in [1.29, 1.82) is 0 Å². The highest BCUT2D eigenvalue weighted by Crippen LogP contribution is 2.18. The number of nitrogens with zero attached hydrogens (tertiary/aromatic N) is 1. The molecule has 0 radical (unpaired) electrons. The molecule has 1 aromatic heterocycles. The maximum atomic E-state index is 11.4. The van der Waals surface area contributed by atoms with Crippen molar-refractivity contribution in [3.8, 4) is 0 Å². The molecule has 3 N–H and O–H groups in total. The average molecular weight is 325 g/mol. The van der Waals surface area contributed by atoms with Crippen LogP contribution in [0.1, 0.15) is 35.3 Å². The quantitative estimate of drug-likeness (QED) is 0.852. The van der Waals surface area contributed by atoms with E-state index in [-0.39, 0.29) is 10.9 Å². The zero-order valence-corrected chi connectivity index (χ0v) is 13.7. The van der Waals surface area contributed by atoms with Gasteiger partial charge in [0.2, 0.25) is 10.0 Å². The van der Waals surface area contributed by atoms with Gasteiger partial charge in [0.05, 0.1) is 4.90 Å². The van der Waals surface area contributed by atoms with Crippen LogP contribution in [0.15, 0.2) is 35.4 Å². The number of aromatic nitrogens is 1. The maximum Gasteiger partial charge on any atom is 0.238 e. The van der Waals surface area contributed by atoms with Crippen molar-refractivity contribution in [2.45, 2.75) is 37.8 Å². The number of thiazole rings is 1. The van der Waals surface area contributed by atoms with Crippen LogP contribution in [0, 0.1) is 0 Å². The van der Waals surface area contributed by atoms with Gasteiger partial charge in [0.15, 0.2) is 0 Å². The molecule has 0 saturated carbocycles. The lowest BCUT2D eigenvalue weighted by molar-refractivity contribution is 0.571. The predicted molar refractivity (Wildman–Crippen MR) is 84.6 cm³/mol. The average Bonchev–Trinajstić information content (AvgIpc) is 2.92. The first-order chi connectivity index (χ1) is 9.90. The lowest BCUT2D eigenvalue weighted by atomic mass is 10.1. The summed E-state index contributed by atoms with van der Waals surface area (Å²) in [7, 11) is -3.66. The van der Waals surface area contributed by atoms with Crippen molar-refractivity contribution in [2.75, 3.05) is 0 Å².